The van der Waals surface area contributed by atoms with Gasteiger partial charge in [0.2, 0.25) is 0 Å². The smallest absolute Gasteiger partial charge is 0.276 e. The molecule has 98 valence electrons. The molecule has 1 aliphatic rings. The molecular weight excluding hydrogens is 232 g/mol. The van der Waals surface area contributed by atoms with Gasteiger partial charge in [-0.2, -0.15) is 0 Å². The molecule has 0 saturated carbocycles. The Morgan fingerprint density at radius 2 is 2.11 bits per heavy atom. The second kappa shape index (κ2) is 5.35. The second-order valence-electron chi connectivity index (χ2n) is 4.82. The molecule has 1 fully saturated rings. The largest absolute Gasteiger partial charge is 0.493 e. The van der Waals surface area contributed by atoms with Gasteiger partial charge in [-0.25, -0.2) is 0 Å². The molecule has 0 aliphatic carbocycles. The topological polar surface area (TPSA) is 64.4 Å². The highest BCUT2D eigenvalue weighted by atomic mass is 16.6. The lowest BCUT2D eigenvalue weighted by Gasteiger charge is -2.26. The Balaban J connectivity index is 2.01. The predicted molar refractivity (Wildman–Crippen MR) is 69.0 cm³/mol. The van der Waals surface area contributed by atoms with E-state index in [9.17, 15) is 10.1 Å². The highest BCUT2D eigenvalue weighted by molar-refractivity contribution is 5.49. The van der Waals surface area contributed by atoms with Crippen LogP contribution in [0.25, 0.3) is 0 Å². The summed E-state index contributed by atoms with van der Waals surface area (Å²) in [5, 5.41) is 14.1. The summed E-state index contributed by atoms with van der Waals surface area (Å²) in [6.07, 6.45) is 0.994. The highest BCUT2D eigenvalue weighted by Gasteiger charge is 2.17. The lowest BCUT2D eigenvalue weighted by Crippen LogP contribution is -2.42. The molecule has 5 heteroatoms. The minimum atomic E-state index is -0.364. The van der Waals surface area contributed by atoms with E-state index in [-0.39, 0.29) is 10.6 Å². The van der Waals surface area contributed by atoms with Crippen LogP contribution in [0, 0.1) is 29.9 Å². The second-order valence-corrected chi connectivity index (χ2v) is 4.82. The van der Waals surface area contributed by atoms with Gasteiger partial charge in [0.1, 0.15) is 5.75 Å². The van der Waals surface area contributed by atoms with Crippen LogP contribution in [0.1, 0.15) is 17.5 Å². The molecule has 0 atom stereocenters. The van der Waals surface area contributed by atoms with Crippen molar-refractivity contribution in [3.63, 3.8) is 0 Å². The number of nitro benzene ring substituents is 1. The summed E-state index contributed by atoms with van der Waals surface area (Å²) in [4.78, 5) is 10.5. The van der Waals surface area contributed by atoms with Crippen LogP contribution < -0.4 is 10.1 Å². The van der Waals surface area contributed by atoms with Gasteiger partial charge in [0.15, 0.2) is 0 Å². The van der Waals surface area contributed by atoms with Gasteiger partial charge < -0.3 is 10.1 Å². The molecule has 1 heterocycles. The number of rotatable bonds is 5. The molecule has 5 nitrogen and oxygen atoms in total. The first-order valence-electron chi connectivity index (χ1n) is 6.17. The number of benzene rings is 1. The van der Waals surface area contributed by atoms with Crippen molar-refractivity contribution in [2.24, 2.45) is 5.92 Å². The Kier molecular flexibility index (Phi) is 3.81. The molecule has 1 aromatic rings. The average molecular weight is 250 g/mol. The number of aryl methyl sites for hydroxylation is 2. The zero-order valence-corrected chi connectivity index (χ0v) is 10.7. The van der Waals surface area contributed by atoms with Crippen LogP contribution in [0.4, 0.5) is 5.69 Å². The van der Waals surface area contributed by atoms with Gasteiger partial charge in [-0.1, -0.05) is 0 Å². The first-order chi connectivity index (χ1) is 8.58. The fraction of sp³-hybridized carbons (Fsp3) is 0.538. The van der Waals surface area contributed by atoms with E-state index >= 15 is 0 Å². The van der Waals surface area contributed by atoms with Crippen molar-refractivity contribution in [1.29, 1.82) is 0 Å². The van der Waals surface area contributed by atoms with Crippen LogP contribution in [-0.2, 0) is 0 Å². The van der Waals surface area contributed by atoms with Gasteiger partial charge in [0, 0.05) is 5.56 Å². The third-order valence-electron chi connectivity index (χ3n) is 3.34. The summed E-state index contributed by atoms with van der Waals surface area (Å²) in [5.41, 5.74) is 1.75. The Morgan fingerprint density at radius 3 is 2.67 bits per heavy atom. The van der Waals surface area contributed by atoms with Crippen molar-refractivity contribution in [3.05, 3.63) is 33.4 Å². The quantitative estimate of drug-likeness (QED) is 0.642. The van der Waals surface area contributed by atoms with Crippen LogP contribution in [-0.4, -0.2) is 24.6 Å². The minimum absolute atomic E-state index is 0.126. The Labute approximate surface area is 106 Å². The lowest BCUT2D eigenvalue weighted by molar-refractivity contribution is -0.385. The molecule has 0 bridgehead atoms. The fourth-order valence-electron chi connectivity index (χ4n) is 2.06. The van der Waals surface area contributed by atoms with Gasteiger partial charge in [0.25, 0.3) is 5.69 Å². The average Bonchev–Trinajstić information content (AvgIpc) is 2.23. The van der Waals surface area contributed by atoms with Crippen LogP contribution in [0.5, 0.6) is 5.75 Å². The zero-order valence-electron chi connectivity index (χ0n) is 10.7. The van der Waals surface area contributed by atoms with E-state index in [4.69, 9.17) is 4.74 Å². The molecule has 0 spiro atoms. The molecule has 0 radical (unpaired) electrons. The molecule has 18 heavy (non-hydrogen) atoms. The molecule has 1 aliphatic heterocycles. The van der Waals surface area contributed by atoms with Crippen molar-refractivity contribution >= 4 is 5.69 Å². The number of nitrogens with zero attached hydrogens (tertiary/aromatic N) is 1. The first kappa shape index (κ1) is 12.8. The molecule has 1 saturated heterocycles. The van der Waals surface area contributed by atoms with Gasteiger partial charge >= 0.3 is 0 Å². The lowest BCUT2D eigenvalue weighted by atomic mass is 10.0. The molecule has 0 amide bonds. The van der Waals surface area contributed by atoms with E-state index in [0.717, 1.165) is 25.1 Å². The molecule has 0 unspecified atom stereocenters. The number of hydrogen-bond donors (Lipinski definition) is 1. The maximum absolute atomic E-state index is 10.9. The summed E-state index contributed by atoms with van der Waals surface area (Å²) in [6.45, 7) is 6.38. The zero-order chi connectivity index (χ0) is 13.1. The number of ether oxygens (including phenoxy) is 1. The maximum Gasteiger partial charge on any atom is 0.276 e. The van der Waals surface area contributed by atoms with Crippen molar-refractivity contribution in [1.82, 2.24) is 5.32 Å². The third-order valence-corrected chi connectivity index (χ3v) is 3.34. The Hall–Kier alpha value is -1.62. The van der Waals surface area contributed by atoms with Crippen LogP contribution >= 0.6 is 0 Å². The van der Waals surface area contributed by atoms with E-state index in [1.165, 1.54) is 6.07 Å². The van der Waals surface area contributed by atoms with Crippen LogP contribution in [0.3, 0.4) is 0 Å². The van der Waals surface area contributed by atoms with Gasteiger partial charge in [-0.15, -0.1) is 0 Å². The van der Waals surface area contributed by atoms with Crippen molar-refractivity contribution in [2.75, 3.05) is 19.7 Å². The van der Waals surface area contributed by atoms with E-state index in [1.54, 1.807) is 13.0 Å². The summed E-state index contributed by atoms with van der Waals surface area (Å²) in [7, 11) is 0. The third kappa shape index (κ3) is 2.79. The Bertz CT molecular complexity index is 456. The summed E-state index contributed by atoms with van der Waals surface area (Å²) >= 11 is 0. The molecular formula is C13H18N2O3. The first-order valence-corrected chi connectivity index (χ1v) is 6.17. The van der Waals surface area contributed by atoms with E-state index < -0.39 is 0 Å². The number of nitrogens with one attached hydrogen (secondary N) is 1. The maximum atomic E-state index is 10.9. The number of nitro groups is 1. The minimum Gasteiger partial charge on any atom is -0.493 e. The molecule has 0 aromatic heterocycles. The van der Waals surface area contributed by atoms with E-state index in [0.29, 0.717) is 23.8 Å². The van der Waals surface area contributed by atoms with Gasteiger partial charge in [-0.05, 0) is 50.9 Å². The van der Waals surface area contributed by atoms with Crippen LogP contribution in [0.2, 0.25) is 0 Å². The summed E-state index contributed by atoms with van der Waals surface area (Å²) in [6, 6.07) is 3.34. The van der Waals surface area contributed by atoms with Gasteiger partial charge in [-0.3, -0.25) is 10.1 Å². The van der Waals surface area contributed by atoms with Crippen LogP contribution in [0.15, 0.2) is 12.1 Å². The SMILES string of the molecule is Cc1cc(C)c([N+](=O)[O-])cc1OCCC1CNC1. The molecule has 2 rings (SSSR count). The molecule has 1 aromatic carbocycles. The van der Waals surface area contributed by atoms with E-state index in [2.05, 4.69) is 5.32 Å². The van der Waals surface area contributed by atoms with Crippen molar-refractivity contribution in [2.45, 2.75) is 20.3 Å². The summed E-state index contributed by atoms with van der Waals surface area (Å²) < 4.78 is 5.66. The molecule has 1 N–H and O–H groups in total. The predicted octanol–water partition coefficient (Wildman–Crippen LogP) is 2.20. The van der Waals surface area contributed by atoms with E-state index in [1.807, 2.05) is 6.92 Å². The Morgan fingerprint density at radius 1 is 1.39 bits per heavy atom. The number of hydrogen-bond acceptors (Lipinski definition) is 4. The van der Waals surface area contributed by atoms with Crippen molar-refractivity contribution in [3.8, 4) is 5.75 Å². The van der Waals surface area contributed by atoms with Crippen molar-refractivity contribution < 1.29 is 9.66 Å². The fourth-order valence-corrected chi connectivity index (χ4v) is 2.06. The highest BCUT2D eigenvalue weighted by Crippen LogP contribution is 2.28. The monoisotopic (exact) mass is 250 g/mol. The normalized spacial score (nSPS) is 15.2. The standard InChI is InChI=1S/C13H18N2O3/c1-9-5-10(2)13(6-12(9)15(16)17)18-4-3-11-7-14-8-11/h5-6,11,14H,3-4,7-8H2,1-2H3. The summed E-state index contributed by atoms with van der Waals surface area (Å²) in [5.74, 6) is 1.31. The van der Waals surface area contributed by atoms with Gasteiger partial charge in [0.05, 0.1) is 17.6 Å².